The molecule has 0 spiro atoms. The van der Waals surface area contributed by atoms with Gasteiger partial charge in [0.1, 0.15) is 0 Å². The van der Waals surface area contributed by atoms with Gasteiger partial charge in [-0.2, -0.15) is 0 Å². The van der Waals surface area contributed by atoms with Crippen LogP contribution in [0.3, 0.4) is 0 Å². The van der Waals surface area contributed by atoms with Crippen LogP contribution in [0.5, 0.6) is 0 Å². The van der Waals surface area contributed by atoms with E-state index < -0.39 is 0 Å². The van der Waals surface area contributed by atoms with Gasteiger partial charge in [-0.15, -0.1) is 0 Å². The first-order valence-electron chi connectivity index (χ1n) is 11.1. The number of hydrogen-bond donors (Lipinski definition) is 1. The van der Waals surface area contributed by atoms with Crippen molar-refractivity contribution in [2.24, 2.45) is 0 Å². The molecule has 1 unspecified atom stereocenters. The first-order valence-corrected chi connectivity index (χ1v) is 11.1. The molecule has 1 saturated heterocycles. The average Bonchev–Trinajstić information content (AvgIpc) is 3.05. The summed E-state index contributed by atoms with van der Waals surface area (Å²) in [6.07, 6.45) is 1.70. The lowest BCUT2D eigenvalue weighted by molar-refractivity contribution is -0.122. The van der Waals surface area contributed by atoms with Crippen LogP contribution in [0.1, 0.15) is 41.8 Å². The van der Waals surface area contributed by atoms with Gasteiger partial charge in [-0.05, 0) is 37.5 Å². The van der Waals surface area contributed by atoms with E-state index in [1.165, 1.54) is 0 Å². The number of hydrogen-bond acceptors (Lipinski definition) is 4. The van der Waals surface area contributed by atoms with Crippen LogP contribution in [-0.4, -0.2) is 67.5 Å². The summed E-state index contributed by atoms with van der Waals surface area (Å²) < 4.78 is 5.85. The summed E-state index contributed by atoms with van der Waals surface area (Å²) in [6, 6.07) is 19.5. The quantitative estimate of drug-likeness (QED) is 0.630. The average molecular weight is 424 g/mol. The molecule has 2 aromatic carbocycles. The summed E-state index contributed by atoms with van der Waals surface area (Å²) in [7, 11) is 0. The Labute approximate surface area is 185 Å². The summed E-state index contributed by atoms with van der Waals surface area (Å²) in [5, 5.41) is 2.98. The maximum absolute atomic E-state index is 12.6. The maximum Gasteiger partial charge on any atom is 0.253 e. The lowest BCUT2D eigenvalue weighted by Gasteiger charge is -2.22. The zero-order valence-corrected chi connectivity index (χ0v) is 18.3. The van der Waals surface area contributed by atoms with E-state index in [1.54, 1.807) is 0 Å². The summed E-state index contributed by atoms with van der Waals surface area (Å²) in [4.78, 5) is 29.0. The molecule has 1 heterocycles. The van der Waals surface area contributed by atoms with E-state index in [2.05, 4.69) is 22.3 Å². The van der Waals surface area contributed by atoms with Gasteiger partial charge in [0.25, 0.3) is 5.91 Å². The van der Waals surface area contributed by atoms with E-state index >= 15 is 0 Å². The molecule has 1 N–H and O–H groups in total. The molecule has 2 aromatic rings. The Morgan fingerprint density at radius 3 is 2.42 bits per heavy atom. The first-order chi connectivity index (χ1) is 15.1. The zero-order chi connectivity index (χ0) is 21.9. The van der Waals surface area contributed by atoms with Crippen molar-refractivity contribution >= 4 is 11.8 Å². The number of carbonyl (C=O) groups is 2. The van der Waals surface area contributed by atoms with Gasteiger partial charge >= 0.3 is 0 Å². The molecule has 2 amide bonds. The fourth-order valence-corrected chi connectivity index (χ4v) is 3.73. The van der Waals surface area contributed by atoms with E-state index in [0.717, 1.165) is 37.1 Å². The fraction of sp³-hybridized carbons (Fsp3) is 0.440. The Hall–Kier alpha value is -2.70. The van der Waals surface area contributed by atoms with Gasteiger partial charge in [0, 0.05) is 44.9 Å². The Morgan fingerprint density at radius 1 is 0.968 bits per heavy atom. The second-order valence-corrected chi connectivity index (χ2v) is 7.92. The summed E-state index contributed by atoms with van der Waals surface area (Å²) >= 11 is 0. The lowest BCUT2D eigenvalue weighted by atomic mass is 10.1. The molecule has 3 rings (SSSR count). The number of benzene rings is 2. The minimum absolute atomic E-state index is 0.0268. The summed E-state index contributed by atoms with van der Waals surface area (Å²) in [6.45, 7) is 6.53. The van der Waals surface area contributed by atoms with E-state index in [1.807, 2.05) is 60.4 Å². The van der Waals surface area contributed by atoms with Crippen LogP contribution in [0.25, 0.3) is 0 Å². The van der Waals surface area contributed by atoms with E-state index in [-0.39, 0.29) is 17.9 Å². The third kappa shape index (κ3) is 7.49. The van der Waals surface area contributed by atoms with E-state index in [0.29, 0.717) is 32.8 Å². The molecule has 0 aromatic heterocycles. The van der Waals surface area contributed by atoms with E-state index in [4.69, 9.17) is 4.74 Å². The van der Waals surface area contributed by atoms with Crippen molar-refractivity contribution in [3.8, 4) is 0 Å². The Bertz CT molecular complexity index is 813. The van der Waals surface area contributed by atoms with Crippen LogP contribution in [0.15, 0.2) is 60.7 Å². The number of nitrogens with zero attached hydrogens (tertiary/aromatic N) is 2. The highest BCUT2D eigenvalue weighted by molar-refractivity contribution is 5.94. The number of rotatable bonds is 9. The molecule has 1 aliphatic heterocycles. The first kappa shape index (κ1) is 23.0. The Balaban J connectivity index is 1.31. The molecular formula is C25H33N3O3. The summed E-state index contributed by atoms with van der Waals surface area (Å²) in [5.41, 5.74) is 1.88. The predicted molar refractivity (Wildman–Crippen MR) is 122 cm³/mol. The summed E-state index contributed by atoms with van der Waals surface area (Å²) in [5.74, 6) is 0.0931. The van der Waals surface area contributed by atoms with Crippen LogP contribution in [0, 0.1) is 0 Å². The molecule has 166 valence electrons. The number of carbonyl (C=O) groups excluding carboxylic acids is 2. The van der Waals surface area contributed by atoms with Gasteiger partial charge in [-0.25, -0.2) is 0 Å². The van der Waals surface area contributed by atoms with Crippen molar-refractivity contribution in [1.82, 2.24) is 15.1 Å². The molecule has 6 heteroatoms. The molecule has 0 aliphatic carbocycles. The van der Waals surface area contributed by atoms with Crippen LogP contribution < -0.4 is 5.32 Å². The van der Waals surface area contributed by atoms with Crippen LogP contribution in [0.4, 0.5) is 0 Å². The highest BCUT2D eigenvalue weighted by Gasteiger charge is 2.21. The molecule has 0 bridgehead atoms. The van der Waals surface area contributed by atoms with Crippen molar-refractivity contribution in [3.63, 3.8) is 0 Å². The molecular weight excluding hydrogens is 390 g/mol. The molecule has 0 saturated carbocycles. The topological polar surface area (TPSA) is 61.9 Å². The Morgan fingerprint density at radius 2 is 1.68 bits per heavy atom. The monoisotopic (exact) mass is 423 g/mol. The minimum Gasteiger partial charge on any atom is -0.374 e. The SMILES string of the molecule is CC(OCCCNC(=O)CN1CCCN(C(=O)c2ccccc2)CC1)c1ccccc1. The van der Waals surface area contributed by atoms with Crippen molar-refractivity contribution < 1.29 is 14.3 Å². The van der Waals surface area contributed by atoms with Gasteiger partial charge in [0.15, 0.2) is 0 Å². The van der Waals surface area contributed by atoms with Crippen molar-refractivity contribution in [2.75, 3.05) is 45.9 Å². The second kappa shape index (κ2) is 12.2. The number of ether oxygens (including phenoxy) is 1. The maximum atomic E-state index is 12.6. The molecule has 1 fully saturated rings. The molecule has 6 nitrogen and oxygen atoms in total. The highest BCUT2D eigenvalue weighted by atomic mass is 16.5. The van der Waals surface area contributed by atoms with Crippen LogP contribution in [0.2, 0.25) is 0 Å². The number of amides is 2. The Kier molecular flexibility index (Phi) is 9.06. The predicted octanol–water partition coefficient (Wildman–Crippen LogP) is 3.12. The van der Waals surface area contributed by atoms with Crippen molar-refractivity contribution in [1.29, 1.82) is 0 Å². The largest absolute Gasteiger partial charge is 0.374 e. The number of nitrogens with one attached hydrogen (secondary N) is 1. The third-order valence-corrected chi connectivity index (χ3v) is 5.54. The van der Waals surface area contributed by atoms with Crippen molar-refractivity contribution in [2.45, 2.75) is 25.9 Å². The standard InChI is InChI=1S/C25H33N3O3/c1-21(22-10-4-2-5-11-22)31-19-8-14-26-24(29)20-27-15-9-16-28(18-17-27)25(30)23-12-6-3-7-13-23/h2-7,10-13,21H,8-9,14-20H2,1H3,(H,26,29). The molecule has 1 aliphatic rings. The normalized spacial score (nSPS) is 15.8. The van der Waals surface area contributed by atoms with Gasteiger partial charge in [-0.1, -0.05) is 48.5 Å². The van der Waals surface area contributed by atoms with Crippen LogP contribution >= 0.6 is 0 Å². The van der Waals surface area contributed by atoms with Gasteiger partial charge in [-0.3, -0.25) is 14.5 Å². The third-order valence-electron chi connectivity index (χ3n) is 5.54. The lowest BCUT2D eigenvalue weighted by Crippen LogP contribution is -2.40. The van der Waals surface area contributed by atoms with Crippen molar-refractivity contribution in [3.05, 3.63) is 71.8 Å². The minimum atomic E-state index is 0.0268. The van der Waals surface area contributed by atoms with Gasteiger partial charge in [0.05, 0.1) is 12.6 Å². The molecule has 0 radical (unpaired) electrons. The fourth-order valence-electron chi connectivity index (χ4n) is 3.73. The molecule has 31 heavy (non-hydrogen) atoms. The second-order valence-electron chi connectivity index (χ2n) is 7.92. The smallest absolute Gasteiger partial charge is 0.253 e. The van der Waals surface area contributed by atoms with Gasteiger partial charge < -0.3 is 15.0 Å². The highest BCUT2D eigenvalue weighted by Crippen LogP contribution is 2.15. The van der Waals surface area contributed by atoms with E-state index in [9.17, 15) is 9.59 Å². The zero-order valence-electron chi connectivity index (χ0n) is 18.3. The van der Waals surface area contributed by atoms with Crippen LogP contribution in [-0.2, 0) is 9.53 Å². The van der Waals surface area contributed by atoms with Gasteiger partial charge in [0.2, 0.25) is 5.91 Å². The molecule has 1 atom stereocenters.